The number of aryl methyl sites for hydroxylation is 1. The molecule has 7 nitrogen and oxygen atoms in total. The fourth-order valence-corrected chi connectivity index (χ4v) is 4.23. The van der Waals surface area contributed by atoms with Crippen LogP contribution in [0.4, 0.5) is 0 Å². The van der Waals surface area contributed by atoms with Crippen LogP contribution in [0.3, 0.4) is 0 Å². The fraction of sp³-hybridized carbons (Fsp3) is 0.500. The van der Waals surface area contributed by atoms with Gasteiger partial charge in [0.05, 0.1) is 12.3 Å². The zero-order valence-electron chi connectivity index (χ0n) is 12.3. The fourth-order valence-electron chi connectivity index (χ4n) is 2.75. The predicted molar refractivity (Wildman–Crippen MR) is 81.2 cm³/mol. The Hall–Kier alpha value is -1.64. The number of rotatable bonds is 7. The minimum atomic E-state index is -3.48. The smallest absolute Gasteiger partial charge is 0.280 e. The number of nitrogens with zero attached hydrogens (tertiary/aromatic N) is 3. The van der Waals surface area contributed by atoms with Crippen molar-refractivity contribution in [1.29, 1.82) is 0 Å². The summed E-state index contributed by atoms with van der Waals surface area (Å²) in [6.07, 6.45) is 7.49. The summed E-state index contributed by atoms with van der Waals surface area (Å²) in [6.45, 7) is 1.61. The summed E-state index contributed by atoms with van der Waals surface area (Å²) in [7, 11) is -3.48. The molecule has 8 heteroatoms. The second-order valence-corrected chi connectivity index (χ2v) is 7.01. The molecule has 1 fully saturated rings. The maximum absolute atomic E-state index is 12.5. The highest BCUT2D eigenvalue weighted by Crippen LogP contribution is 2.33. The van der Waals surface area contributed by atoms with E-state index >= 15 is 0 Å². The quantitative estimate of drug-likeness (QED) is 0.783. The first-order chi connectivity index (χ1) is 10.7. The van der Waals surface area contributed by atoms with Crippen LogP contribution in [0.2, 0.25) is 0 Å². The maximum Gasteiger partial charge on any atom is 0.280 e. The summed E-state index contributed by atoms with van der Waals surface area (Å²) < 4.78 is 36.2. The van der Waals surface area contributed by atoms with E-state index in [2.05, 4.69) is 9.82 Å². The Bertz CT molecular complexity index is 667. The summed E-state index contributed by atoms with van der Waals surface area (Å²) in [5, 5.41) is 4.09. The van der Waals surface area contributed by atoms with Crippen LogP contribution in [0.25, 0.3) is 0 Å². The number of furan rings is 1. The van der Waals surface area contributed by atoms with Crippen molar-refractivity contribution in [3.05, 3.63) is 42.6 Å². The van der Waals surface area contributed by atoms with Gasteiger partial charge in [0.15, 0.2) is 0 Å². The van der Waals surface area contributed by atoms with Crippen molar-refractivity contribution in [3.8, 4) is 0 Å². The molecule has 1 N–H and O–H groups in total. The molecular weight excluding hydrogens is 304 g/mol. The zero-order valence-corrected chi connectivity index (χ0v) is 13.1. The van der Waals surface area contributed by atoms with Crippen molar-refractivity contribution in [1.82, 2.24) is 18.8 Å². The van der Waals surface area contributed by atoms with E-state index in [1.54, 1.807) is 23.2 Å². The largest absolute Gasteiger partial charge is 0.468 e. The zero-order chi connectivity index (χ0) is 15.4. The van der Waals surface area contributed by atoms with Crippen LogP contribution in [0, 0.1) is 0 Å². The molecule has 1 aliphatic heterocycles. The van der Waals surface area contributed by atoms with E-state index in [0.717, 1.165) is 12.8 Å². The summed E-state index contributed by atoms with van der Waals surface area (Å²) in [6, 6.07) is 5.27. The van der Waals surface area contributed by atoms with Gasteiger partial charge in [0.2, 0.25) is 0 Å². The summed E-state index contributed by atoms with van der Waals surface area (Å²) in [5.74, 6) is 0.708. The van der Waals surface area contributed by atoms with Gasteiger partial charge in [-0.25, -0.2) is 4.72 Å². The van der Waals surface area contributed by atoms with Crippen molar-refractivity contribution in [3.63, 3.8) is 0 Å². The molecule has 2 aromatic rings. The Morgan fingerprint density at radius 1 is 1.41 bits per heavy atom. The molecule has 3 rings (SSSR count). The first-order valence-electron chi connectivity index (χ1n) is 7.44. The van der Waals surface area contributed by atoms with Crippen molar-refractivity contribution < 1.29 is 12.8 Å². The van der Waals surface area contributed by atoms with Crippen molar-refractivity contribution in [2.45, 2.75) is 31.8 Å². The molecule has 0 radical (unpaired) electrons. The van der Waals surface area contributed by atoms with Gasteiger partial charge in [-0.1, -0.05) is 0 Å². The van der Waals surface area contributed by atoms with Crippen LogP contribution in [0.1, 0.15) is 31.1 Å². The SMILES string of the molecule is O=S(=O)(NCCCn1cccn1)N1CCCC1c1ccco1. The Morgan fingerprint density at radius 3 is 3.05 bits per heavy atom. The lowest BCUT2D eigenvalue weighted by molar-refractivity contribution is 0.335. The molecule has 0 spiro atoms. The molecule has 0 aromatic carbocycles. The highest BCUT2D eigenvalue weighted by atomic mass is 32.2. The van der Waals surface area contributed by atoms with Crippen LogP contribution in [0.15, 0.2) is 41.3 Å². The lowest BCUT2D eigenvalue weighted by atomic mass is 10.2. The molecule has 0 amide bonds. The van der Waals surface area contributed by atoms with Gasteiger partial charge in [0.25, 0.3) is 10.2 Å². The van der Waals surface area contributed by atoms with Crippen molar-refractivity contribution >= 4 is 10.2 Å². The predicted octanol–water partition coefficient (Wildman–Crippen LogP) is 1.54. The number of hydrogen-bond donors (Lipinski definition) is 1. The summed E-state index contributed by atoms with van der Waals surface area (Å²) >= 11 is 0. The van der Waals surface area contributed by atoms with Crippen LogP contribution >= 0.6 is 0 Å². The standard InChI is InChI=1S/C14H20N4O3S/c19-22(20,16-8-4-10-17-9-3-7-15-17)18-11-1-5-13(18)14-6-2-12-21-14/h2-3,6-7,9,12-13,16H,1,4-5,8,10-11H2. The Balaban J connectivity index is 1.55. The van der Waals surface area contributed by atoms with E-state index < -0.39 is 10.2 Å². The number of aromatic nitrogens is 2. The van der Waals surface area contributed by atoms with E-state index in [9.17, 15) is 8.42 Å². The summed E-state index contributed by atoms with van der Waals surface area (Å²) in [5.41, 5.74) is 0. The number of nitrogens with one attached hydrogen (secondary N) is 1. The van der Waals surface area contributed by atoms with E-state index in [0.29, 0.717) is 31.8 Å². The second kappa shape index (κ2) is 6.64. The summed E-state index contributed by atoms with van der Waals surface area (Å²) in [4.78, 5) is 0. The Morgan fingerprint density at radius 2 is 2.32 bits per heavy atom. The lowest BCUT2D eigenvalue weighted by Gasteiger charge is -2.22. The van der Waals surface area contributed by atoms with E-state index in [4.69, 9.17) is 4.42 Å². The molecule has 1 unspecified atom stereocenters. The van der Waals surface area contributed by atoms with Gasteiger partial charge in [-0.05, 0) is 37.5 Å². The van der Waals surface area contributed by atoms with Crippen molar-refractivity contribution in [2.75, 3.05) is 13.1 Å². The number of hydrogen-bond acceptors (Lipinski definition) is 4. The molecule has 1 aliphatic rings. The topological polar surface area (TPSA) is 80.4 Å². The second-order valence-electron chi connectivity index (χ2n) is 5.31. The van der Waals surface area contributed by atoms with Crippen LogP contribution in [0.5, 0.6) is 0 Å². The van der Waals surface area contributed by atoms with Gasteiger partial charge in [-0.15, -0.1) is 0 Å². The average molecular weight is 324 g/mol. The van der Waals surface area contributed by atoms with Crippen molar-refractivity contribution in [2.24, 2.45) is 0 Å². The molecule has 22 heavy (non-hydrogen) atoms. The average Bonchev–Trinajstić information content (AvgIpc) is 3.24. The van der Waals surface area contributed by atoms with E-state index in [1.165, 1.54) is 4.31 Å². The molecule has 0 saturated carbocycles. The van der Waals surface area contributed by atoms with Gasteiger partial charge in [-0.2, -0.15) is 17.8 Å². The van der Waals surface area contributed by atoms with Gasteiger partial charge in [0, 0.05) is 32.0 Å². The lowest BCUT2D eigenvalue weighted by Crippen LogP contribution is -2.40. The van der Waals surface area contributed by atoms with Crippen LogP contribution < -0.4 is 4.72 Å². The normalized spacial score (nSPS) is 19.7. The molecule has 1 atom stereocenters. The van der Waals surface area contributed by atoms with Gasteiger partial charge in [0.1, 0.15) is 5.76 Å². The maximum atomic E-state index is 12.5. The van der Waals surface area contributed by atoms with Crippen LogP contribution in [-0.4, -0.2) is 35.6 Å². The highest BCUT2D eigenvalue weighted by molar-refractivity contribution is 7.87. The highest BCUT2D eigenvalue weighted by Gasteiger charge is 2.36. The molecule has 0 aliphatic carbocycles. The minimum absolute atomic E-state index is 0.196. The van der Waals surface area contributed by atoms with Gasteiger partial charge < -0.3 is 4.42 Å². The Kier molecular flexibility index (Phi) is 4.60. The molecule has 3 heterocycles. The third-order valence-electron chi connectivity index (χ3n) is 3.79. The molecule has 2 aromatic heterocycles. The minimum Gasteiger partial charge on any atom is -0.468 e. The monoisotopic (exact) mass is 324 g/mol. The third-order valence-corrected chi connectivity index (χ3v) is 5.42. The Labute approximate surface area is 130 Å². The third kappa shape index (κ3) is 3.40. The molecule has 1 saturated heterocycles. The first-order valence-corrected chi connectivity index (χ1v) is 8.88. The van der Waals surface area contributed by atoms with E-state index in [-0.39, 0.29) is 6.04 Å². The van der Waals surface area contributed by atoms with E-state index in [1.807, 2.05) is 18.3 Å². The van der Waals surface area contributed by atoms with Crippen LogP contribution in [-0.2, 0) is 16.8 Å². The molecule has 0 bridgehead atoms. The molecular formula is C14H20N4O3S. The molecule has 120 valence electrons. The first kappa shape index (κ1) is 15.3. The van der Waals surface area contributed by atoms with Gasteiger partial charge >= 0.3 is 0 Å². The van der Waals surface area contributed by atoms with Gasteiger partial charge in [-0.3, -0.25) is 4.68 Å².